The Hall–Kier alpha value is -2.84. The number of phosphoric ester groups is 1. The van der Waals surface area contributed by atoms with Gasteiger partial charge in [-0.25, -0.2) is 4.57 Å². The van der Waals surface area contributed by atoms with Crippen LogP contribution in [0.5, 0.6) is 0 Å². The number of ether oxygens (including phenoxy) is 2. The van der Waals surface area contributed by atoms with Crippen LogP contribution in [0.1, 0.15) is 194 Å². The zero-order valence-corrected chi connectivity index (χ0v) is 41.6. The van der Waals surface area contributed by atoms with Gasteiger partial charge < -0.3 is 20.1 Å². The Balaban J connectivity index is 4.04. The molecule has 0 bridgehead atoms. The van der Waals surface area contributed by atoms with E-state index in [1.165, 1.54) is 64.2 Å². The lowest BCUT2D eigenvalue weighted by atomic mass is 10.1. The zero-order valence-electron chi connectivity index (χ0n) is 40.7. The zero-order chi connectivity index (χ0) is 46.5. The van der Waals surface area contributed by atoms with Crippen molar-refractivity contribution in [3.05, 3.63) is 109 Å². The van der Waals surface area contributed by atoms with Crippen LogP contribution < -0.4 is 5.73 Å². The van der Waals surface area contributed by atoms with Gasteiger partial charge in [0, 0.05) is 19.6 Å². The number of hydrogen-bond donors (Lipinski definition) is 2. The summed E-state index contributed by atoms with van der Waals surface area (Å²) in [4.78, 5) is 22.6. The molecule has 8 nitrogen and oxygen atoms in total. The normalized spacial score (nSPS) is 14.2. The fraction of sp³-hybridized carbons (Fsp3) is 0.655. The minimum Gasteiger partial charge on any atom is -0.457 e. The summed E-state index contributed by atoms with van der Waals surface area (Å²) in [7, 11) is -4.30. The third-order valence-corrected chi connectivity index (χ3v) is 11.2. The SMILES string of the molecule is CC/C=C\C/C=C\C/C=C\C/C=C\C/C=C\C/C=C\CCCCCCCCCOCC(COP(=O)(O)OCCN)OC(=O)CCCCCCCC/C=C\C/C=C\C/C=C\CCCCC. The van der Waals surface area contributed by atoms with Gasteiger partial charge in [-0.3, -0.25) is 13.8 Å². The van der Waals surface area contributed by atoms with E-state index in [9.17, 15) is 14.3 Å². The van der Waals surface area contributed by atoms with Crippen molar-refractivity contribution in [2.75, 3.05) is 33.0 Å². The van der Waals surface area contributed by atoms with Crippen molar-refractivity contribution >= 4 is 13.8 Å². The number of carbonyl (C=O) groups excluding carboxylic acids is 1. The van der Waals surface area contributed by atoms with Crippen LogP contribution in [0.2, 0.25) is 0 Å². The van der Waals surface area contributed by atoms with E-state index in [2.05, 4.69) is 123 Å². The van der Waals surface area contributed by atoms with Crippen molar-refractivity contribution in [1.82, 2.24) is 0 Å². The van der Waals surface area contributed by atoms with Gasteiger partial charge in [0.25, 0.3) is 0 Å². The molecule has 366 valence electrons. The van der Waals surface area contributed by atoms with Crippen molar-refractivity contribution < 1.29 is 32.8 Å². The number of unbranched alkanes of at least 4 members (excludes halogenated alkanes) is 16. The number of hydrogen-bond acceptors (Lipinski definition) is 7. The summed E-state index contributed by atoms with van der Waals surface area (Å²) >= 11 is 0. The second-order valence-corrected chi connectivity index (χ2v) is 17.7. The van der Waals surface area contributed by atoms with E-state index >= 15 is 0 Å². The molecule has 0 aliphatic carbocycles. The molecule has 0 aliphatic rings. The van der Waals surface area contributed by atoms with Crippen LogP contribution in [-0.2, 0) is 27.9 Å². The van der Waals surface area contributed by atoms with Crippen LogP contribution in [0, 0.1) is 0 Å². The predicted octanol–water partition coefficient (Wildman–Crippen LogP) is 16.0. The number of allylic oxidation sites excluding steroid dienone is 18. The summed E-state index contributed by atoms with van der Waals surface area (Å²) < 4.78 is 33.6. The van der Waals surface area contributed by atoms with Crippen molar-refractivity contribution in [3.63, 3.8) is 0 Å². The average molecular weight is 912 g/mol. The Labute approximate surface area is 393 Å². The molecule has 0 saturated heterocycles. The molecule has 2 unspecified atom stereocenters. The van der Waals surface area contributed by atoms with E-state index in [1.807, 2.05) is 0 Å². The summed E-state index contributed by atoms with van der Waals surface area (Å²) in [6.07, 6.45) is 69.7. The maximum atomic E-state index is 12.6. The first-order chi connectivity index (χ1) is 31.4. The van der Waals surface area contributed by atoms with E-state index in [0.29, 0.717) is 13.0 Å². The molecule has 0 heterocycles. The number of rotatable bonds is 47. The molecule has 0 aromatic rings. The maximum Gasteiger partial charge on any atom is 0.472 e. The summed E-state index contributed by atoms with van der Waals surface area (Å²) in [5.74, 6) is -0.351. The molecular formula is C55H94NO7P. The van der Waals surface area contributed by atoms with E-state index < -0.39 is 13.9 Å². The predicted molar refractivity (Wildman–Crippen MR) is 274 cm³/mol. The second-order valence-electron chi connectivity index (χ2n) is 16.3. The Bertz CT molecular complexity index is 1350. The van der Waals surface area contributed by atoms with E-state index in [4.69, 9.17) is 24.3 Å². The fourth-order valence-electron chi connectivity index (χ4n) is 6.48. The first-order valence-electron chi connectivity index (χ1n) is 25.4. The van der Waals surface area contributed by atoms with Crippen LogP contribution in [0.4, 0.5) is 0 Å². The minimum absolute atomic E-state index is 0.0897. The molecular weight excluding hydrogens is 818 g/mol. The van der Waals surface area contributed by atoms with Gasteiger partial charge in [-0.2, -0.15) is 0 Å². The summed E-state index contributed by atoms with van der Waals surface area (Å²) in [6, 6.07) is 0. The van der Waals surface area contributed by atoms with Gasteiger partial charge >= 0.3 is 13.8 Å². The Morgan fingerprint density at radius 2 is 0.875 bits per heavy atom. The number of esters is 1. The standard InChI is InChI=1S/C55H94NO7P/c1-3-5-7-9-11-13-15-17-19-21-23-24-25-26-27-28-29-31-33-35-37-39-41-43-45-47-50-60-52-54(53-62-64(58,59)61-51-49-56)63-55(57)48-46-44-42-40-38-36-34-32-30-22-20-18-16-14-12-10-8-6-4-2/h5,7,11-14,17-20,23-24,26-27,29-32,54H,3-4,6,8-10,15-16,21-22,25,28,33-53,56H2,1-2H3,(H,58,59)/b7-5-,13-11-,14-12-,19-17-,20-18-,24-23-,27-26-,31-29-,32-30-. The molecule has 0 aromatic carbocycles. The molecule has 0 aliphatic heterocycles. The lowest BCUT2D eigenvalue weighted by Gasteiger charge is -2.20. The average Bonchev–Trinajstić information content (AvgIpc) is 3.29. The highest BCUT2D eigenvalue weighted by Gasteiger charge is 2.25. The minimum atomic E-state index is -4.30. The summed E-state index contributed by atoms with van der Waals surface area (Å²) in [5.41, 5.74) is 5.39. The van der Waals surface area contributed by atoms with E-state index in [0.717, 1.165) is 109 Å². The Morgan fingerprint density at radius 1 is 0.484 bits per heavy atom. The third-order valence-electron chi connectivity index (χ3n) is 10.2. The molecule has 2 atom stereocenters. The third kappa shape index (κ3) is 50.2. The van der Waals surface area contributed by atoms with E-state index in [1.54, 1.807) is 0 Å². The van der Waals surface area contributed by atoms with Crippen molar-refractivity contribution in [2.24, 2.45) is 5.73 Å². The van der Waals surface area contributed by atoms with E-state index in [-0.39, 0.29) is 32.3 Å². The van der Waals surface area contributed by atoms with Crippen LogP contribution in [0.25, 0.3) is 0 Å². The van der Waals surface area contributed by atoms with Gasteiger partial charge in [-0.05, 0) is 103 Å². The number of phosphoric acid groups is 1. The largest absolute Gasteiger partial charge is 0.472 e. The highest BCUT2D eigenvalue weighted by Crippen LogP contribution is 2.43. The number of carbonyl (C=O) groups is 1. The molecule has 9 heteroatoms. The molecule has 0 radical (unpaired) electrons. The summed E-state index contributed by atoms with van der Waals surface area (Å²) in [6.45, 7) is 4.72. The molecule has 0 fully saturated rings. The van der Waals surface area contributed by atoms with Crippen LogP contribution in [0.15, 0.2) is 109 Å². The van der Waals surface area contributed by atoms with Gasteiger partial charge in [-0.15, -0.1) is 0 Å². The highest BCUT2D eigenvalue weighted by molar-refractivity contribution is 7.47. The lowest BCUT2D eigenvalue weighted by Crippen LogP contribution is -2.28. The van der Waals surface area contributed by atoms with Gasteiger partial charge in [0.2, 0.25) is 0 Å². The van der Waals surface area contributed by atoms with Gasteiger partial charge in [-0.1, -0.05) is 194 Å². The quantitative estimate of drug-likeness (QED) is 0.0268. The summed E-state index contributed by atoms with van der Waals surface area (Å²) in [5, 5.41) is 0. The van der Waals surface area contributed by atoms with Crippen molar-refractivity contribution in [2.45, 2.75) is 200 Å². The molecule has 0 spiro atoms. The molecule has 3 N–H and O–H groups in total. The number of nitrogens with two attached hydrogens (primary N) is 1. The second kappa shape index (κ2) is 51.1. The van der Waals surface area contributed by atoms with Crippen LogP contribution >= 0.6 is 7.82 Å². The fourth-order valence-corrected chi connectivity index (χ4v) is 7.24. The van der Waals surface area contributed by atoms with Gasteiger partial charge in [0.05, 0.1) is 19.8 Å². The van der Waals surface area contributed by atoms with Gasteiger partial charge in [0.15, 0.2) is 0 Å². The first kappa shape index (κ1) is 61.2. The topological polar surface area (TPSA) is 117 Å². The molecule has 0 aromatic heterocycles. The lowest BCUT2D eigenvalue weighted by molar-refractivity contribution is -0.154. The highest BCUT2D eigenvalue weighted by atomic mass is 31.2. The van der Waals surface area contributed by atoms with Crippen molar-refractivity contribution in [3.8, 4) is 0 Å². The smallest absolute Gasteiger partial charge is 0.457 e. The molecule has 0 amide bonds. The molecule has 64 heavy (non-hydrogen) atoms. The van der Waals surface area contributed by atoms with Crippen molar-refractivity contribution in [1.29, 1.82) is 0 Å². The van der Waals surface area contributed by atoms with Crippen LogP contribution in [0.3, 0.4) is 0 Å². The monoisotopic (exact) mass is 912 g/mol. The molecule has 0 saturated carbocycles. The Kier molecular flexibility index (Phi) is 48.9. The first-order valence-corrected chi connectivity index (χ1v) is 26.9. The maximum absolute atomic E-state index is 12.6. The van der Waals surface area contributed by atoms with Crippen LogP contribution in [-0.4, -0.2) is 49.9 Å². The Morgan fingerprint density at radius 3 is 1.31 bits per heavy atom. The van der Waals surface area contributed by atoms with Gasteiger partial charge in [0.1, 0.15) is 6.10 Å². The molecule has 0 rings (SSSR count).